The molecule has 6 nitrogen and oxygen atoms in total. The summed E-state index contributed by atoms with van der Waals surface area (Å²) in [6, 6.07) is 0. The zero-order valence-electron chi connectivity index (χ0n) is 40.9. The molecule has 61 heavy (non-hydrogen) atoms. The quantitative estimate of drug-likeness (QED) is 0.0262. The standard InChI is InChI=1S/C55H102O6/c1-4-7-10-13-16-19-22-25-27-29-30-33-36-39-42-45-48-54(57)60-51-52(50-59-53(56)47-44-41-38-35-32-24-21-18-15-12-9-6-3)61-55(58)49-46-43-40-37-34-31-28-26-23-20-17-14-11-8-5-2/h18,21,26,28,52H,4-17,19-20,22-25,27,29-51H2,1-3H3/b21-18-,28-26-. The van der Waals surface area contributed by atoms with Crippen LogP contribution in [0.1, 0.15) is 290 Å². The molecule has 0 aliphatic heterocycles. The first-order chi connectivity index (χ1) is 30.0. The molecule has 0 saturated carbocycles. The maximum atomic E-state index is 12.8. The molecule has 0 aromatic heterocycles. The van der Waals surface area contributed by atoms with Crippen LogP contribution in [-0.2, 0) is 28.6 Å². The van der Waals surface area contributed by atoms with Crippen LogP contribution in [0, 0.1) is 0 Å². The van der Waals surface area contributed by atoms with Gasteiger partial charge in [0, 0.05) is 19.3 Å². The van der Waals surface area contributed by atoms with Crippen LogP contribution in [0.25, 0.3) is 0 Å². The minimum absolute atomic E-state index is 0.0733. The van der Waals surface area contributed by atoms with E-state index in [9.17, 15) is 14.4 Å². The van der Waals surface area contributed by atoms with Crippen LogP contribution in [0.3, 0.4) is 0 Å². The first kappa shape index (κ1) is 58.9. The predicted molar refractivity (Wildman–Crippen MR) is 261 cm³/mol. The fraction of sp³-hybridized carbons (Fsp3) is 0.873. The molecule has 0 aromatic carbocycles. The van der Waals surface area contributed by atoms with Crippen molar-refractivity contribution in [2.45, 2.75) is 297 Å². The fourth-order valence-electron chi connectivity index (χ4n) is 7.84. The molecule has 0 rings (SSSR count). The Labute approximate surface area is 379 Å². The van der Waals surface area contributed by atoms with E-state index in [1.807, 2.05) is 0 Å². The highest BCUT2D eigenvalue weighted by molar-refractivity contribution is 5.71. The lowest BCUT2D eigenvalue weighted by Crippen LogP contribution is -2.30. The molecule has 0 saturated heterocycles. The van der Waals surface area contributed by atoms with Crippen LogP contribution >= 0.6 is 0 Å². The molecule has 0 aliphatic carbocycles. The van der Waals surface area contributed by atoms with Crippen LogP contribution in [0.15, 0.2) is 24.3 Å². The summed E-state index contributed by atoms with van der Waals surface area (Å²) in [5.74, 6) is -0.877. The number of unbranched alkanes of at least 4 members (excludes halogenated alkanes) is 34. The Hall–Kier alpha value is -2.11. The Morgan fingerprint density at radius 1 is 0.311 bits per heavy atom. The van der Waals surface area contributed by atoms with Gasteiger partial charge in [-0.25, -0.2) is 0 Å². The summed E-state index contributed by atoms with van der Waals surface area (Å²) in [7, 11) is 0. The van der Waals surface area contributed by atoms with Gasteiger partial charge in [-0.2, -0.15) is 0 Å². The minimum Gasteiger partial charge on any atom is -0.462 e. The van der Waals surface area contributed by atoms with Crippen molar-refractivity contribution >= 4 is 17.9 Å². The van der Waals surface area contributed by atoms with E-state index in [1.54, 1.807) is 0 Å². The zero-order valence-corrected chi connectivity index (χ0v) is 40.9. The molecule has 0 fully saturated rings. The van der Waals surface area contributed by atoms with Gasteiger partial charge in [-0.05, 0) is 70.6 Å². The highest BCUT2D eigenvalue weighted by Crippen LogP contribution is 2.16. The van der Waals surface area contributed by atoms with E-state index in [1.165, 1.54) is 180 Å². The summed E-state index contributed by atoms with van der Waals surface area (Å²) in [6.45, 7) is 6.63. The van der Waals surface area contributed by atoms with Gasteiger partial charge in [-0.1, -0.05) is 225 Å². The van der Waals surface area contributed by atoms with Gasteiger partial charge in [0.2, 0.25) is 0 Å². The topological polar surface area (TPSA) is 78.9 Å². The van der Waals surface area contributed by atoms with Crippen LogP contribution in [0.5, 0.6) is 0 Å². The minimum atomic E-state index is -0.774. The fourth-order valence-corrected chi connectivity index (χ4v) is 7.84. The van der Waals surface area contributed by atoms with E-state index in [2.05, 4.69) is 45.1 Å². The van der Waals surface area contributed by atoms with E-state index in [0.29, 0.717) is 19.3 Å². The van der Waals surface area contributed by atoms with E-state index in [-0.39, 0.29) is 31.1 Å². The SMILES string of the molecule is CCCCC/C=C\CCCCCCCC(=O)OCC(COC(=O)CCCCCCCCCCCCCCCCCC)OC(=O)CCCCCCC/C=C\CCCCCCCC. The van der Waals surface area contributed by atoms with Gasteiger partial charge in [0.25, 0.3) is 0 Å². The van der Waals surface area contributed by atoms with E-state index >= 15 is 0 Å². The Morgan fingerprint density at radius 3 is 0.852 bits per heavy atom. The van der Waals surface area contributed by atoms with Gasteiger partial charge >= 0.3 is 17.9 Å². The van der Waals surface area contributed by atoms with Gasteiger partial charge in [0.15, 0.2) is 6.10 Å². The lowest BCUT2D eigenvalue weighted by Gasteiger charge is -2.18. The summed E-state index contributed by atoms with van der Waals surface area (Å²) in [6.07, 6.45) is 57.3. The molecule has 0 aromatic rings. The third-order valence-corrected chi connectivity index (χ3v) is 11.9. The molecule has 0 bridgehead atoms. The van der Waals surface area contributed by atoms with Gasteiger partial charge in [0.1, 0.15) is 13.2 Å². The van der Waals surface area contributed by atoms with Crippen molar-refractivity contribution in [2.75, 3.05) is 13.2 Å². The number of carbonyl (C=O) groups excluding carboxylic acids is 3. The number of carbonyl (C=O) groups is 3. The van der Waals surface area contributed by atoms with E-state index < -0.39 is 6.10 Å². The lowest BCUT2D eigenvalue weighted by molar-refractivity contribution is -0.167. The molecule has 358 valence electrons. The highest BCUT2D eigenvalue weighted by atomic mass is 16.6. The first-order valence-corrected chi connectivity index (χ1v) is 26.8. The Balaban J connectivity index is 4.34. The van der Waals surface area contributed by atoms with Crippen molar-refractivity contribution in [1.82, 2.24) is 0 Å². The summed E-state index contributed by atoms with van der Waals surface area (Å²) >= 11 is 0. The molecule has 0 heterocycles. The average Bonchev–Trinajstić information content (AvgIpc) is 3.26. The monoisotopic (exact) mass is 859 g/mol. The smallest absolute Gasteiger partial charge is 0.306 e. The predicted octanol–water partition coefficient (Wildman–Crippen LogP) is 17.5. The number of ether oxygens (including phenoxy) is 3. The van der Waals surface area contributed by atoms with E-state index in [4.69, 9.17) is 14.2 Å². The van der Waals surface area contributed by atoms with Crippen molar-refractivity contribution in [3.05, 3.63) is 24.3 Å². The second-order valence-corrected chi connectivity index (χ2v) is 18.1. The Bertz CT molecular complexity index is 989. The van der Waals surface area contributed by atoms with Gasteiger partial charge < -0.3 is 14.2 Å². The summed E-state index contributed by atoms with van der Waals surface area (Å²) in [5.41, 5.74) is 0. The number of esters is 3. The third-order valence-electron chi connectivity index (χ3n) is 11.9. The van der Waals surface area contributed by atoms with Crippen LogP contribution in [-0.4, -0.2) is 37.2 Å². The second kappa shape index (κ2) is 50.5. The summed E-state index contributed by atoms with van der Waals surface area (Å²) in [5, 5.41) is 0. The van der Waals surface area contributed by atoms with Crippen LogP contribution in [0.4, 0.5) is 0 Å². The van der Waals surface area contributed by atoms with Crippen molar-refractivity contribution in [1.29, 1.82) is 0 Å². The van der Waals surface area contributed by atoms with Crippen molar-refractivity contribution < 1.29 is 28.6 Å². The third kappa shape index (κ3) is 48.8. The average molecular weight is 859 g/mol. The summed E-state index contributed by atoms with van der Waals surface area (Å²) < 4.78 is 16.8. The first-order valence-electron chi connectivity index (χ1n) is 26.8. The normalized spacial score (nSPS) is 12.1. The molecular formula is C55H102O6. The molecule has 1 unspecified atom stereocenters. The van der Waals surface area contributed by atoms with E-state index in [0.717, 1.165) is 70.6 Å². The van der Waals surface area contributed by atoms with Crippen molar-refractivity contribution in [3.63, 3.8) is 0 Å². The van der Waals surface area contributed by atoms with Crippen LogP contribution < -0.4 is 0 Å². The molecule has 0 aliphatic rings. The largest absolute Gasteiger partial charge is 0.462 e. The van der Waals surface area contributed by atoms with Gasteiger partial charge in [-0.3, -0.25) is 14.4 Å². The Kier molecular flexibility index (Phi) is 48.8. The Morgan fingerprint density at radius 2 is 0.541 bits per heavy atom. The number of allylic oxidation sites excluding steroid dienone is 4. The van der Waals surface area contributed by atoms with Crippen molar-refractivity contribution in [2.24, 2.45) is 0 Å². The summed E-state index contributed by atoms with van der Waals surface area (Å²) in [4.78, 5) is 38.0. The van der Waals surface area contributed by atoms with Gasteiger partial charge in [0.05, 0.1) is 0 Å². The molecule has 0 N–H and O–H groups in total. The molecular weight excluding hydrogens is 757 g/mol. The van der Waals surface area contributed by atoms with Gasteiger partial charge in [-0.15, -0.1) is 0 Å². The number of rotatable bonds is 49. The molecule has 0 radical (unpaired) electrons. The lowest BCUT2D eigenvalue weighted by atomic mass is 10.0. The second-order valence-electron chi connectivity index (χ2n) is 18.1. The zero-order chi connectivity index (χ0) is 44.4. The van der Waals surface area contributed by atoms with Crippen LogP contribution in [0.2, 0.25) is 0 Å². The molecule has 1 atom stereocenters. The number of hydrogen-bond donors (Lipinski definition) is 0. The van der Waals surface area contributed by atoms with Crippen molar-refractivity contribution in [3.8, 4) is 0 Å². The molecule has 6 heteroatoms. The molecule has 0 spiro atoms. The maximum absolute atomic E-state index is 12.8. The maximum Gasteiger partial charge on any atom is 0.306 e. The number of hydrogen-bond acceptors (Lipinski definition) is 6. The molecule has 0 amide bonds. The highest BCUT2D eigenvalue weighted by Gasteiger charge is 2.19.